The molecule has 1 fully saturated rings. The van der Waals surface area contributed by atoms with Crippen molar-refractivity contribution in [1.29, 1.82) is 0 Å². The summed E-state index contributed by atoms with van der Waals surface area (Å²) >= 11 is 7.32. The number of carbonyl (C=O) groups excluding carboxylic acids is 3. The molecular weight excluding hydrogens is 559 g/mol. The van der Waals surface area contributed by atoms with Crippen LogP contribution in [0.15, 0.2) is 54.7 Å². The van der Waals surface area contributed by atoms with E-state index in [2.05, 4.69) is 15.6 Å². The van der Waals surface area contributed by atoms with Gasteiger partial charge in [-0.15, -0.1) is 11.8 Å². The molecule has 1 aromatic heterocycles. The molecule has 3 aromatic rings. The Morgan fingerprint density at radius 2 is 1.88 bits per heavy atom. The maximum absolute atomic E-state index is 13.8. The Kier molecular flexibility index (Phi) is 8.74. The zero-order valence-corrected chi connectivity index (χ0v) is 24.1. The summed E-state index contributed by atoms with van der Waals surface area (Å²) in [6.07, 6.45) is 0.814. The fourth-order valence-corrected chi connectivity index (χ4v) is 5.63. The van der Waals surface area contributed by atoms with Crippen LogP contribution in [0.25, 0.3) is 10.8 Å². The molecule has 12 heteroatoms. The maximum Gasteiger partial charge on any atom is 0.412 e. The first-order chi connectivity index (χ1) is 18.9. The number of urea groups is 1. The summed E-state index contributed by atoms with van der Waals surface area (Å²) in [7, 11) is 1.54. The number of amides is 3. The van der Waals surface area contributed by atoms with Gasteiger partial charge in [-0.3, -0.25) is 10.1 Å². The molecule has 1 unspecified atom stereocenters. The van der Waals surface area contributed by atoms with E-state index in [4.69, 9.17) is 21.1 Å². The van der Waals surface area contributed by atoms with Gasteiger partial charge in [0.05, 0.1) is 16.7 Å². The lowest BCUT2D eigenvalue weighted by Gasteiger charge is -2.29. The van der Waals surface area contributed by atoms with Gasteiger partial charge in [-0.05, 0) is 43.9 Å². The van der Waals surface area contributed by atoms with Crippen LogP contribution in [0.4, 0.5) is 19.8 Å². The van der Waals surface area contributed by atoms with Crippen LogP contribution < -0.4 is 10.6 Å². The van der Waals surface area contributed by atoms with Crippen LogP contribution in [-0.4, -0.2) is 57.4 Å². The van der Waals surface area contributed by atoms with Crippen LogP contribution in [0.2, 0.25) is 5.02 Å². The summed E-state index contributed by atoms with van der Waals surface area (Å²) in [5, 5.41) is 6.69. The first-order valence-electron chi connectivity index (χ1n) is 12.5. The maximum atomic E-state index is 13.8. The Labute approximate surface area is 240 Å². The van der Waals surface area contributed by atoms with Crippen molar-refractivity contribution in [1.82, 2.24) is 15.2 Å². The number of aromatic nitrogens is 1. The first kappa shape index (κ1) is 29.4. The molecule has 2 atom stereocenters. The van der Waals surface area contributed by atoms with Gasteiger partial charge in [-0.2, -0.15) is 0 Å². The van der Waals surface area contributed by atoms with Crippen molar-refractivity contribution in [3.05, 3.63) is 71.1 Å². The number of esters is 1. The molecule has 3 amide bonds. The molecule has 4 rings (SSSR count). The van der Waals surface area contributed by atoms with E-state index < -0.39 is 39.6 Å². The van der Waals surface area contributed by atoms with Gasteiger partial charge in [0.1, 0.15) is 28.7 Å². The monoisotopic (exact) mass is 588 g/mol. The third kappa shape index (κ3) is 7.14. The van der Waals surface area contributed by atoms with Crippen LogP contribution in [0.1, 0.15) is 32.8 Å². The SMILES string of the molecule is CN(C(=O)NCc1cccc(F)c1Cl)[C@@]1(CC(=O)OC(C)(C)C)SC1COC(=O)Nc1cc2ccccc2cn1. The molecule has 1 aliphatic rings. The molecule has 2 N–H and O–H groups in total. The summed E-state index contributed by atoms with van der Waals surface area (Å²) in [4.78, 5) is 42.9. The van der Waals surface area contributed by atoms with Gasteiger partial charge in [0, 0.05) is 25.2 Å². The minimum Gasteiger partial charge on any atom is -0.460 e. The molecule has 0 saturated carbocycles. The number of hydrogen-bond donors (Lipinski definition) is 2. The van der Waals surface area contributed by atoms with Crippen molar-refractivity contribution in [2.75, 3.05) is 19.0 Å². The van der Waals surface area contributed by atoms with Gasteiger partial charge in [0.2, 0.25) is 0 Å². The largest absolute Gasteiger partial charge is 0.460 e. The average molecular weight is 589 g/mol. The number of anilines is 1. The summed E-state index contributed by atoms with van der Waals surface area (Å²) in [6.45, 7) is 5.17. The highest BCUT2D eigenvalue weighted by molar-refractivity contribution is 8.08. The quantitative estimate of drug-likeness (QED) is 0.247. The Hall–Kier alpha value is -3.57. The molecule has 212 valence electrons. The second-order valence-electron chi connectivity index (χ2n) is 10.3. The molecule has 0 aliphatic carbocycles. The number of pyridine rings is 1. The Bertz CT molecular complexity index is 1440. The third-order valence-electron chi connectivity index (χ3n) is 6.17. The molecule has 2 heterocycles. The predicted octanol–water partition coefficient (Wildman–Crippen LogP) is 5.96. The number of hydrogen-bond acceptors (Lipinski definition) is 7. The van der Waals surface area contributed by atoms with Gasteiger partial charge in [-0.25, -0.2) is 19.0 Å². The molecule has 0 bridgehead atoms. The Balaban J connectivity index is 1.40. The number of halogens is 2. The Morgan fingerprint density at radius 1 is 1.15 bits per heavy atom. The van der Waals surface area contributed by atoms with Crippen molar-refractivity contribution in [2.45, 2.75) is 49.5 Å². The minimum absolute atomic E-state index is 0.0186. The van der Waals surface area contributed by atoms with Crippen molar-refractivity contribution >= 4 is 58.0 Å². The van der Waals surface area contributed by atoms with Gasteiger partial charge >= 0.3 is 18.1 Å². The van der Waals surface area contributed by atoms with Crippen LogP contribution in [-0.2, 0) is 20.8 Å². The van der Waals surface area contributed by atoms with E-state index in [9.17, 15) is 18.8 Å². The molecule has 2 aromatic carbocycles. The second-order valence-corrected chi connectivity index (χ2v) is 12.2. The van der Waals surface area contributed by atoms with Gasteiger partial charge in [0.25, 0.3) is 0 Å². The number of carbonyl (C=O) groups is 3. The van der Waals surface area contributed by atoms with Crippen LogP contribution in [0.3, 0.4) is 0 Å². The van der Waals surface area contributed by atoms with Crippen LogP contribution in [0.5, 0.6) is 0 Å². The smallest absolute Gasteiger partial charge is 0.412 e. The highest BCUT2D eigenvalue weighted by atomic mass is 35.5. The summed E-state index contributed by atoms with van der Waals surface area (Å²) in [6, 6.07) is 13.2. The Morgan fingerprint density at radius 3 is 2.60 bits per heavy atom. The molecular formula is C28H30ClFN4O5S. The minimum atomic E-state index is -1.01. The van der Waals surface area contributed by atoms with Crippen molar-refractivity contribution in [2.24, 2.45) is 0 Å². The van der Waals surface area contributed by atoms with Gasteiger partial charge in [-0.1, -0.05) is 48.0 Å². The highest BCUT2D eigenvalue weighted by Crippen LogP contribution is 2.58. The summed E-state index contributed by atoms with van der Waals surface area (Å²) in [5.74, 6) is -0.755. The number of fused-ring (bicyclic) bond motifs is 1. The van der Waals surface area contributed by atoms with E-state index in [0.29, 0.717) is 11.4 Å². The predicted molar refractivity (Wildman–Crippen MR) is 153 cm³/mol. The number of benzene rings is 2. The zero-order valence-electron chi connectivity index (χ0n) is 22.5. The molecule has 0 spiro atoms. The molecule has 40 heavy (non-hydrogen) atoms. The molecule has 1 aliphatic heterocycles. The lowest BCUT2D eigenvalue weighted by Crippen LogP contribution is -2.48. The van der Waals surface area contributed by atoms with Crippen LogP contribution >= 0.6 is 23.4 Å². The van der Waals surface area contributed by atoms with E-state index >= 15 is 0 Å². The van der Waals surface area contributed by atoms with Crippen molar-refractivity contribution in [3.63, 3.8) is 0 Å². The average Bonchev–Trinajstić information content (AvgIpc) is 3.59. The number of rotatable bonds is 8. The lowest BCUT2D eigenvalue weighted by molar-refractivity contribution is -0.156. The molecule has 0 radical (unpaired) electrons. The van der Waals surface area contributed by atoms with Crippen molar-refractivity contribution < 1.29 is 28.2 Å². The molecule has 9 nitrogen and oxygen atoms in total. The van der Waals surface area contributed by atoms with Crippen molar-refractivity contribution in [3.8, 4) is 0 Å². The highest BCUT2D eigenvalue weighted by Gasteiger charge is 2.62. The fraction of sp³-hybridized carbons (Fsp3) is 0.357. The van der Waals surface area contributed by atoms with E-state index in [1.54, 1.807) is 46.1 Å². The van der Waals surface area contributed by atoms with Gasteiger partial charge in [0.15, 0.2) is 0 Å². The van der Waals surface area contributed by atoms with E-state index in [1.165, 1.54) is 28.8 Å². The normalized spacial score (nSPS) is 18.1. The van der Waals surface area contributed by atoms with Gasteiger partial charge < -0.3 is 19.7 Å². The third-order valence-corrected chi connectivity index (χ3v) is 8.26. The second kappa shape index (κ2) is 11.9. The number of thioether (sulfide) groups is 1. The number of nitrogens with one attached hydrogen (secondary N) is 2. The standard InChI is InChI=1S/C28H30ClFN4O5S/c1-27(2,3)39-23(35)13-28(34(4)25(36)32-15-19-10-7-11-20(30)24(19)29)21(40-28)16-38-26(37)33-22-12-17-8-5-6-9-18(17)14-31-22/h5-12,14,21H,13,15-16H2,1-4H3,(H,32,36)(H,31,33,37)/t21?,28-/m0/s1. The first-order valence-corrected chi connectivity index (χ1v) is 13.8. The van der Waals surface area contributed by atoms with E-state index in [-0.39, 0.29) is 24.6 Å². The lowest BCUT2D eigenvalue weighted by atomic mass is 10.1. The van der Waals surface area contributed by atoms with E-state index in [0.717, 1.165) is 10.8 Å². The summed E-state index contributed by atoms with van der Waals surface area (Å²) in [5.41, 5.74) is -0.308. The number of ether oxygens (including phenoxy) is 2. The summed E-state index contributed by atoms with van der Waals surface area (Å²) < 4.78 is 24.7. The zero-order chi connectivity index (χ0) is 29.1. The van der Waals surface area contributed by atoms with Crippen LogP contribution in [0, 0.1) is 5.82 Å². The molecule has 1 saturated heterocycles. The fourth-order valence-electron chi connectivity index (χ4n) is 4.12. The topological polar surface area (TPSA) is 110 Å². The number of nitrogens with zero attached hydrogens (tertiary/aromatic N) is 2. The van der Waals surface area contributed by atoms with E-state index in [1.807, 2.05) is 24.3 Å².